The Hall–Kier alpha value is -1.47. The number of urea groups is 1. The van der Waals surface area contributed by atoms with Gasteiger partial charge in [-0.3, -0.25) is 4.79 Å². The lowest BCUT2D eigenvalue weighted by Crippen LogP contribution is -2.49. The summed E-state index contributed by atoms with van der Waals surface area (Å²) in [5, 5.41) is 11.6. The smallest absolute Gasteiger partial charge is 0.392 e. The molecule has 2 aliphatic rings. The average Bonchev–Trinajstić information content (AvgIpc) is 2.52. The molecule has 1 aliphatic heterocycles. The number of hydrogen-bond acceptors (Lipinski definition) is 2. The minimum Gasteiger partial charge on any atom is -0.481 e. The number of aliphatic carboxylic acids is 1. The Kier molecular flexibility index (Phi) is 5.75. The first-order chi connectivity index (χ1) is 10.8. The van der Waals surface area contributed by atoms with Crippen LogP contribution < -0.4 is 5.32 Å². The molecule has 1 saturated carbocycles. The summed E-state index contributed by atoms with van der Waals surface area (Å²) < 4.78 is 39.1. The SMILES string of the molecule is O=C(O)C1CCCN(C(=O)NC[C@H]2CCCC[C@H]2C(F)(F)F)C1. The fourth-order valence-corrected chi connectivity index (χ4v) is 3.58. The molecular formula is C15H23F3N2O3. The van der Waals surface area contributed by atoms with Gasteiger partial charge in [-0.15, -0.1) is 0 Å². The molecule has 1 aliphatic carbocycles. The number of carboxylic acid groups (broad SMARTS) is 1. The molecule has 0 bridgehead atoms. The quantitative estimate of drug-likeness (QED) is 0.833. The van der Waals surface area contributed by atoms with Gasteiger partial charge in [-0.2, -0.15) is 13.2 Å². The van der Waals surface area contributed by atoms with Crippen LogP contribution in [0.1, 0.15) is 38.5 Å². The summed E-state index contributed by atoms with van der Waals surface area (Å²) in [5.74, 6) is -3.48. The first kappa shape index (κ1) is 17.9. The van der Waals surface area contributed by atoms with Gasteiger partial charge in [0, 0.05) is 19.6 Å². The van der Waals surface area contributed by atoms with Gasteiger partial charge in [0.2, 0.25) is 0 Å². The van der Waals surface area contributed by atoms with Crippen molar-refractivity contribution in [3.8, 4) is 0 Å². The summed E-state index contributed by atoms with van der Waals surface area (Å²) in [6.07, 6.45) is -1.21. The fourth-order valence-electron chi connectivity index (χ4n) is 3.58. The lowest BCUT2D eigenvalue weighted by atomic mass is 9.79. The highest BCUT2D eigenvalue weighted by Crippen LogP contribution is 2.41. The number of carboxylic acids is 1. The van der Waals surface area contributed by atoms with Gasteiger partial charge in [-0.25, -0.2) is 4.79 Å². The highest BCUT2D eigenvalue weighted by molar-refractivity contribution is 5.76. The summed E-state index contributed by atoms with van der Waals surface area (Å²) in [6.45, 7) is 0.564. The Bertz CT molecular complexity index is 442. The van der Waals surface area contributed by atoms with Crippen LogP contribution in [-0.2, 0) is 4.79 Å². The second-order valence-electron chi connectivity index (χ2n) is 6.50. The first-order valence-electron chi connectivity index (χ1n) is 8.11. The van der Waals surface area contributed by atoms with Crippen molar-refractivity contribution >= 4 is 12.0 Å². The molecule has 1 heterocycles. The molecule has 5 nitrogen and oxygen atoms in total. The number of nitrogens with zero attached hydrogens (tertiary/aromatic N) is 1. The van der Waals surface area contributed by atoms with Gasteiger partial charge in [-0.1, -0.05) is 12.8 Å². The van der Waals surface area contributed by atoms with Crippen molar-refractivity contribution in [3.05, 3.63) is 0 Å². The Labute approximate surface area is 133 Å². The van der Waals surface area contributed by atoms with Crippen molar-refractivity contribution in [2.75, 3.05) is 19.6 Å². The second-order valence-corrected chi connectivity index (χ2v) is 6.50. The molecule has 1 unspecified atom stereocenters. The molecule has 3 atom stereocenters. The zero-order chi connectivity index (χ0) is 17.0. The van der Waals surface area contributed by atoms with Crippen molar-refractivity contribution in [3.63, 3.8) is 0 Å². The van der Waals surface area contributed by atoms with Crippen molar-refractivity contribution in [2.24, 2.45) is 17.8 Å². The molecule has 0 aromatic carbocycles. The molecule has 2 rings (SSSR count). The van der Waals surface area contributed by atoms with Crippen LogP contribution in [0.4, 0.5) is 18.0 Å². The van der Waals surface area contributed by atoms with E-state index in [0.29, 0.717) is 32.2 Å². The lowest BCUT2D eigenvalue weighted by molar-refractivity contribution is -0.195. The molecular weight excluding hydrogens is 313 g/mol. The third kappa shape index (κ3) is 4.75. The number of piperidine rings is 1. The summed E-state index contributed by atoms with van der Waals surface area (Å²) in [6, 6.07) is -0.456. The fraction of sp³-hybridized carbons (Fsp3) is 0.867. The van der Waals surface area contributed by atoms with E-state index < -0.39 is 35.9 Å². The van der Waals surface area contributed by atoms with Gasteiger partial charge in [0.25, 0.3) is 0 Å². The molecule has 2 amide bonds. The molecule has 2 fully saturated rings. The van der Waals surface area contributed by atoms with Gasteiger partial charge in [0.15, 0.2) is 0 Å². The number of hydrogen-bond donors (Lipinski definition) is 2. The van der Waals surface area contributed by atoms with Gasteiger partial charge in [-0.05, 0) is 31.6 Å². The van der Waals surface area contributed by atoms with Gasteiger partial charge in [0.05, 0.1) is 11.8 Å². The summed E-state index contributed by atoms with van der Waals surface area (Å²) in [4.78, 5) is 24.5. The Morgan fingerprint density at radius 3 is 2.48 bits per heavy atom. The third-order valence-electron chi connectivity index (χ3n) is 4.90. The maximum atomic E-state index is 13.0. The molecule has 1 saturated heterocycles. The van der Waals surface area contributed by atoms with Crippen molar-refractivity contribution < 1.29 is 27.9 Å². The molecule has 0 aromatic rings. The van der Waals surface area contributed by atoms with E-state index in [2.05, 4.69) is 5.32 Å². The van der Waals surface area contributed by atoms with Gasteiger partial charge in [0.1, 0.15) is 0 Å². The van der Waals surface area contributed by atoms with Crippen molar-refractivity contribution in [2.45, 2.75) is 44.7 Å². The predicted molar refractivity (Wildman–Crippen MR) is 76.8 cm³/mol. The molecule has 8 heteroatoms. The third-order valence-corrected chi connectivity index (χ3v) is 4.90. The van der Waals surface area contributed by atoms with E-state index in [4.69, 9.17) is 5.11 Å². The Balaban J connectivity index is 1.86. The van der Waals surface area contributed by atoms with E-state index in [1.807, 2.05) is 0 Å². The molecule has 2 N–H and O–H groups in total. The van der Waals surface area contributed by atoms with Crippen molar-refractivity contribution in [1.82, 2.24) is 10.2 Å². The lowest BCUT2D eigenvalue weighted by Gasteiger charge is -2.35. The van der Waals surface area contributed by atoms with Crippen molar-refractivity contribution in [1.29, 1.82) is 0 Å². The highest BCUT2D eigenvalue weighted by atomic mass is 19.4. The zero-order valence-corrected chi connectivity index (χ0v) is 12.9. The zero-order valence-electron chi connectivity index (χ0n) is 12.9. The van der Waals surface area contributed by atoms with Crippen LogP contribution in [-0.4, -0.2) is 47.8 Å². The Morgan fingerprint density at radius 1 is 1.13 bits per heavy atom. The van der Waals surface area contributed by atoms with E-state index >= 15 is 0 Å². The minimum absolute atomic E-state index is 0.00273. The van der Waals surface area contributed by atoms with E-state index in [9.17, 15) is 22.8 Å². The maximum Gasteiger partial charge on any atom is 0.392 e. The van der Waals surface area contributed by atoms with E-state index in [-0.39, 0.29) is 19.5 Å². The predicted octanol–water partition coefficient (Wildman–Crippen LogP) is 2.86. The maximum absolute atomic E-state index is 13.0. The van der Waals surface area contributed by atoms with Gasteiger partial charge < -0.3 is 15.3 Å². The molecule has 132 valence electrons. The summed E-state index contributed by atoms with van der Waals surface area (Å²) in [5.41, 5.74) is 0. The highest BCUT2D eigenvalue weighted by Gasteiger charge is 2.45. The van der Waals surface area contributed by atoms with Crippen LogP contribution >= 0.6 is 0 Å². The van der Waals surface area contributed by atoms with E-state index in [1.165, 1.54) is 4.90 Å². The first-order valence-corrected chi connectivity index (χ1v) is 8.11. The largest absolute Gasteiger partial charge is 0.481 e. The number of carbonyl (C=O) groups excluding carboxylic acids is 1. The topological polar surface area (TPSA) is 69.6 Å². The standard InChI is InChI=1S/C15H23F3N2O3/c16-15(17,18)12-6-2-1-4-10(12)8-19-14(23)20-7-3-5-11(9-20)13(21)22/h10-12H,1-9H2,(H,19,23)(H,21,22)/t10-,11?,12-/m1/s1. The molecule has 0 spiro atoms. The number of rotatable bonds is 3. The minimum atomic E-state index is -4.23. The Morgan fingerprint density at radius 2 is 1.83 bits per heavy atom. The second kappa shape index (κ2) is 7.40. The van der Waals surface area contributed by atoms with E-state index in [0.717, 1.165) is 6.42 Å². The van der Waals surface area contributed by atoms with Crippen LogP contribution in [0.2, 0.25) is 0 Å². The molecule has 0 aromatic heterocycles. The summed E-state index contributed by atoms with van der Waals surface area (Å²) >= 11 is 0. The van der Waals surface area contributed by atoms with Gasteiger partial charge >= 0.3 is 18.2 Å². The number of halogens is 3. The number of likely N-dealkylation sites (tertiary alicyclic amines) is 1. The van der Waals surface area contributed by atoms with Crippen LogP contribution in [0.5, 0.6) is 0 Å². The van der Waals surface area contributed by atoms with Crippen LogP contribution in [0.15, 0.2) is 0 Å². The monoisotopic (exact) mass is 336 g/mol. The molecule has 23 heavy (non-hydrogen) atoms. The molecule has 0 radical (unpaired) electrons. The van der Waals surface area contributed by atoms with Crippen LogP contribution in [0, 0.1) is 17.8 Å². The number of nitrogens with one attached hydrogen (secondary N) is 1. The number of amides is 2. The van der Waals surface area contributed by atoms with E-state index in [1.54, 1.807) is 0 Å². The number of alkyl halides is 3. The van der Waals surface area contributed by atoms with Crippen LogP contribution in [0.25, 0.3) is 0 Å². The van der Waals surface area contributed by atoms with Crippen LogP contribution in [0.3, 0.4) is 0 Å². The number of carbonyl (C=O) groups is 2. The summed E-state index contributed by atoms with van der Waals surface area (Å²) in [7, 11) is 0. The normalized spacial score (nSPS) is 29.2. The average molecular weight is 336 g/mol.